The molecule has 0 spiro atoms. The summed E-state index contributed by atoms with van der Waals surface area (Å²) in [6, 6.07) is 18.2. The molecule has 0 saturated carbocycles. The van der Waals surface area contributed by atoms with Crippen LogP contribution in [0.2, 0.25) is 0 Å². The van der Waals surface area contributed by atoms with E-state index in [0.717, 1.165) is 48.8 Å². The number of hydrogen-bond acceptors (Lipinski definition) is 4. The maximum absolute atomic E-state index is 6.23. The third-order valence-electron chi connectivity index (χ3n) is 4.43. The van der Waals surface area contributed by atoms with Crippen LogP contribution >= 0.6 is 0 Å². The molecule has 5 heteroatoms. The molecule has 0 fully saturated rings. The van der Waals surface area contributed by atoms with Crippen molar-refractivity contribution < 1.29 is 4.74 Å². The highest BCUT2D eigenvalue weighted by Gasteiger charge is 2.03. The summed E-state index contributed by atoms with van der Waals surface area (Å²) in [6.07, 6.45) is 5.97. The number of likely N-dealkylation sites (N-methyl/N-ethyl adjacent to an activating group) is 1. The Balaban J connectivity index is 2.05. The Kier molecular flexibility index (Phi) is 9.68. The molecule has 0 aliphatic rings. The van der Waals surface area contributed by atoms with Crippen molar-refractivity contribution in [2.75, 3.05) is 26.0 Å². The summed E-state index contributed by atoms with van der Waals surface area (Å²) in [4.78, 5) is 6.87. The van der Waals surface area contributed by atoms with E-state index in [1.807, 2.05) is 36.4 Å². The predicted molar refractivity (Wildman–Crippen MR) is 128 cm³/mol. The van der Waals surface area contributed by atoms with E-state index < -0.39 is 0 Å². The van der Waals surface area contributed by atoms with Crippen LogP contribution in [0.3, 0.4) is 0 Å². The van der Waals surface area contributed by atoms with Crippen molar-refractivity contribution >= 4 is 11.5 Å². The number of unbranched alkanes of at least 4 members (excludes halogenated alkanes) is 1. The molecule has 2 rings (SSSR count). The average molecular weight is 407 g/mol. The molecule has 0 aromatic heterocycles. The van der Waals surface area contributed by atoms with Gasteiger partial charge in [-0.25, -0.2) is 4.99 Å². The zero-order chi connectivity index (χ0) is 21.8. The van der Waals surface area contributed by atoms with Gasteiger partial charge in [0, 0.05) is 24.8 Å². The first-order chi connectivity index (χ1) is 14.5. The number of anilines is 1. The van der Waals surface area contributed by atoms with Crippen LogP contribution in [-0.4, -0.2) is 31.4 Å². The minimum Gasteiger partial charge on any atom is -0.497 e. The molecule has 0 radical (unpaired) electrons. The Morgan fingerprint density at radius 1 is 1.17 bits per heavy atom. The first kappa shape index (κ1) is 23.2. The summed E-state index contributed by atoms with van der Waals surface area (Å²) in [5, 5.41) is 3.34. The van der Waals surface area contributed by atoms with Crippen LogP contribution in [-0.2, 0) is 6.54 Å². The fraction of sp³-hybridized carbons (Fsp3) is 0.320. The predicted octanol–water partition coefficient (Wildman–Crippen LogP) is 5.18. The number of rotatable bonds is 11. The number of amidine groups is 1. The number of nitrogens with zero attached hydrogens (tertiary/aromatic N) is 2. The Hall–Kier alpha value is -3.05. The van der Waals surface area contributed by atoms with Gasteiger partial charge in [-0.2, -0.15) is 0 Å². The van der Waals surface area contributed by atoms with E-state index in [1.165, 1.54) is 5.56 Å². The van der Waals surface area contributed by atoms with Crippen molar-refractivity contribution in [1.82, 2.24) is 4.90 Å². The van der Waals surface area contributed by atoms with Crippen molar-refractivity contribution in [2.24, 2.45) is 10.7 Å². The Bertz CT molecular complexity index is 872. The second-order valence-corrected chi connectivity index (χ2v) is 7.42. The molecular formula is C25H34N4O. The van der Waals surface area contributed by atoms with Gasteiger partial charge in [-0.3, -0.25) is 4.90 Å². The van der Waals surface area contributed by atoms with Crippen LogP contribution in [0.1, 0.15) is 32.3 Å². The normalized spacial score (nSPS) is 12.9. The molecule has 0 bridgehead atoms. The van der Waals surface area contributed by atoms with E-state index >= 15 is 0 Å². The second kappa shape index (κ2) is 12.5. The first-order valence-electron chi connectivity index (χ1n) is 10.3. The summed E-state index contributed by atoms with van der Waals surface area (Å²) in [7, 11) is 3.76. The van der Waals surface area contributed by atoms with Gasteiger partial charge >= 0.3 is 0 Å². The third kappa shape index (κ3) is 8.53. The molecule has 30 heavy (non-hydrogen) atoms. The highest BCUT2D eigenvalue weighted by molar-refractivity contribution is 5.93. The van der Waals surface area contributed by atoms with Crippen LogP contribution in [0.5, 0.6) is 5.75 Å². The summed E-state index contributed by atoms with van der Waals surface area (Å²) < 4.78 is 5.30. The number of hydrogen-bond donors (Lipinski definition) is 2. The number of methoxy groups -OCH3 is 1. The maximum Gasteiger partial charge on any atom is 0.128 e. The molecular weight excluding hydrogens is 372 g/mol. The third-order valence-corrected chi connectivity index (χ3v) is 4.43. The SMILES string of the molecule is CCC/C=C(/N=C(N)\C=C(/C)CN(C)Cc1ccccc1)Nc1cccc(OC)c1. The minimum absolute atomic E-state index is 0.485. The standard InChI is InChI=1S/C25H34N4O/c1-5-6-15-25(27-22-13-10-14-23(17-22)30-4)28-24(26)16-20(2)18-29(3)19-21-11-8-7-9-12-21/h7-17,27H,5-6,18-19H2,1-4H3,(H2,26,28)/b20-16+,25-15+. The van der Waals surface area contributed by atoms with Crippen LogP contribution in [0, 0.1) is 0 Å². The van der Waals surface area contributed by atoms with Crippen molar-refractivity contribution in [2.45, 2.75) is 33.2 Å². The van der Waals surface area contributed by atoms with E-state index in [2.05, 4.69) is 66.4 Å². The fourth-order valence-corrected chi connectivity index (χ4v) is 3.10. The highest BCUT2D eigenvalue weighted by atomic mass is 16.5. The first-order valence-corrected chi connectivity index (χ1v) is 10.3. The number of allylic oxidation sites excluding steroid dienone is 1. The average Bonchev–Trinajstić information content (AvgIpc) is 2.72. The molecule has 2 aromatic rings. The number of nitrogens with two attached hydrogens (primary N) is 1. The molecule has 0 saturated heterocycles. The molecule has 0 atom stereocenters. The summed E-state index contributed by atoms with van der Waals surface area (Å²) in [5.41, 5.74) is 9.60. The van der Waals surface area contributed by atoms with E-state index in [-0.39, 0.29) is 0 Å². The zero-order valence-corrected chi connectivity index (χ0v) is 18.6. The smallest absolute Gasteiger partial charge is 0.128 e. The summed E-state index contributed by atoms with van der Waals surface area (Å²) in [5.74, 6) is 2.02. The lowest BCUT2D eigenvalue weighted by Gasteiger charge is -2.17. The summed E-state index contributed by atoms with van der Waals surface area (Å²) in [6.45, 7) is 5.93. The van der Waals surface area contributed by atoms with Crippen LogP contribution in [0.4, 0.5) is 5.69 Å². The Labute approximate surface area is 181 Å². The van der Waals surface area contributed by atoms with Gasteiger partial charge in [-0.1, -0.05) is 55.3 Å². The van der Waals surface area contributed by atoms with Gasteiger partial charge in [0.2, 0.25) is 0 Å². The molecule has 0 heterocycles. The quantitative estimate of drug-likeness (QED) is 0.398. The highest BCUT2D eigenvalue weighted by Crippen LogP contribution is 2.19. The van der Waals surface area contributed by atoms with Gasteiger partial charge in [0.1, 0.15) is 17.4 Å². The van der Waals surface area contributed by atoms with Crippen molar-refractivity contribution in [1.29, 1.82) is 0 Å². The largest absolute Gasteiger partial charge is 0.497 e. The summed E-state index contributed by atoms with van der Waals surface area (Å²) >= 11 is 0. The van der Waals surface area contributed by atoms with E-state index in [4.69, 9.17) is 10.5 Å². The van der Waals surface area contributed by atoms with Crippen molar-refractivity contribution in [3.63, 3.8) is 0 Å². The molecule has 0 amide bonds. The Morgan fingerprint density at radius 3 is 2.63 bits per heavy atom. The molecule has 0 aliphatic heterocycles. The van der Waals surface area contributed by atoms with Gasteiger partial charge in [-0.05, 0) is 50.2 Å². The van der Waals surface area contributed by atoms with Gasteiger partial charge < -0.3 is 15.8 Å². The van der Waals surface area contributed by atoms with Crippen LogP contribution in [0.25, 0.3) is 0 Å². The van der Waals surface area contributed by atoms with Crippen LogP contribution in [0.15, 0.2) is 83.1 Å². The fourth-order valence-electron chi connectivity index (χ4n) is 3.10. The van der Waals surface area contributed by atoms with E-state index in [1.54, 1.807) is 7.11 Å². The topological polar surface area (TPSA) is 62.9 Å². The van der Waals surface area contributed by atoms with Gasteiger partial charge in [0.05, 0.1) is 7.11 Å². The van der Waals surface area contributed by atoms with Crippen molar-refractivity contribution in [3.8, 4) is 5.75 Å². The van der Waals surface area contributed by atoms with Gasteiger partial charge in [-0.15, -0.1) is 0 Å². The lowest BCUT2D eigenvalue weighted by Crippen LogP contribution is -2.21. The van der Waals surface area contributed by atoms with Gasteiger partial charge in [0.25, 0.3) is 0 Å². The Morgan fingerprint density at radius 2 is 1.93 bits per heavy atom. The number of nitrogens with one attached hydrogen (secondary N) is 1. The molecule has 3 N–H and O–H groups in total. The molecule has 0 aliphatic carbocycles. The minimum atomic E-state index is 0.485. The molecule has 5 nitrogen and oxygen atoms in total. The zero-order valence-electron chi connectivity index (χ0n) is 18.6. The lowest BCUT2D eigenvalue weighted by molar-refractivity contribution is 0.355. The number of ether oxygens (including phenoxy) is 1. The monoisotopic (exact) mass is 406 g/mol. The molecule has 160 valence electrons. The maximum atomic E-state index is 6.23. The lowest BCUT2D eigenvalue weighted by atomic mass is 10.2. The van der Waals surface area contributed by atoms with Crippen LogP contribution < -0.4 is 15.8 Å². The van der Waals surface area contributed by atoms with E-state index in [9.17, 15) is 0 Å². The number of benzene rings is 2. The number of aliphatic imine (C=N–C) groups is 1. The van der Waals surface area contributed by atoms with E-state index in [0.29, 0.717) is 5.84 Å². The molecule has 2 aromatic carbocycles. The van der Waals surface area contributed by atoms with Crippen molar-refractivity contribution in [3.05, 3.63) is 83.7 Å². The second-order valence-electron chi connectivity index (χ2n) is 7.42. The molecule has 0 unspecified atom stereocenters. The van der Waals surface area contributed by atoms with Gasteiger partial charge in [0.15, 0.2) is 0 Å².